The number of hydrazine groups is 1. The van der Waals surface area contributed by atoms with Crippen molar-refractivity contribution in [2.45, 2.75) is 0 Å². The number of rotatable bonds is 5. The minimum atomic E-state index is -0.520. The van der Waals surface area contributed by atoms with E-state index < -0.39 is 11.8 Å². The van der Waals surface area contributed by atoms with Crippen LogP contribution >= 0.6 is 11.6 Å². The van der Waals surface area contributed by atoms with E-state index in [0.717, 1.165) is 5.01 Å². The van der Waals surface area contributed by atoms with Gasteiger partial charge in [-0.25, -0.2) is 5.01 Å². The number of carbonyl (C=O) groups is 2. The smallest absolute Gasteiger partial charge is 0.282 e. The number of nitrogens with one attached hydrogen (secondary N) is 1. The number of ether oxygens (including phenoxy) is 3. The van der Waals surface area contributed by atoms with Crippen molar-refractivity contribution in [3.8, 4) is 17.2 Å². The van der Waals surface area contributed by atoms with Crippen molar-refractivity contribution >= 4 is 35.2 Å². The molecule has 7 nitrogen and oxygen atoms in total. The van der Waals surface area contributed by atoms with E-state index in [9.17, 15) is 9.59 Å². The molecule has 1 aliphatic rings. The largest absolute Gasteiger partial charge is 0.493 e. The zero-order valence-electron chi connectivity index (χ0n) is 14.9. The Kier molecular flexibility index (Phi) is 5.23. The van der Waals surface area contributed by atoms with E-state index in [0.29, 0.717) is 33.5 Å². The Labute approximate surface area is 161 Å². The Balaban J connectivity index is 2.00. The summed E-state index contributed by atoms with van der Waals surface area (Å²) in [5.41, 5.74) is 3.52. The van der Waals surface area contributed by atoms with Crippen LogP contribution in [0.25, 0.3) is 6.08 Å². The highest BCUT2D eigenvalue weighted by molar-refractivity contribution is 6.33. The number of nitrogens with zero attached hydrogens (tertiary/aromatic N) is 1. The van der Waals surface area contributed by atoms with Crippen molar-refractivity contribution in [1.82, 2.24) is 5.43 Å². The van der Waals surface area contributed by atoms with Gasteiger partial charge in [0.1, 0.15) is 5.57 Å². The quantitative estimate of drug-likeness (QED) is 0.629. The average molecular weight is 389 g/mol. The lowest BCUT2D eigenvalue weighted by atomic mass is 10.1. The number of halogens is 1. The molecule has 0 saturated carbocycles. The Hall–Kier alpha value is -3.19. The van der Waals surface area contributed by atoms with Crippen molar-refractivity contribution in [3.63, 3.8) is 0 Å². The zero-order chi connectivity index (χ0) is 19.6. The Bertz CT molecular complexity index is 916. The first-order valence-corrected chi connectivity index (χ1v) is 8.29. The minimum absolute atomic E-state index is 0.0238. The van der Waals surface area contributed by atoms with Gasteiger partial charge in [-0.05, 0) is 42.0 Å². The standard InChI is InChI=1S/C19H17ClN2O5/c1-25-15-8-11(9-16(26-2)17(15)27-3)7-14-18(23)21-22(19(14)24)13-6-4-5-12(20)10-13/h4-10H,1-3H3,(H,21,23). The molecule has 3 rings (SSSR count). The number of anilines is 1. The minimum Gasteiger partial charge on any atom is -0.493 e. The first-order chi connectivity index (χ1) is 13.0. The summed E-state index contributed by atoms with van der Waals surface area (Å²) in [5.74, 6) is 0.247. The van der Waals surface area contributed by atoms with Gasteiger partial charge in [0, 0.05) is 5.02 Å². The third kappa shape index (κ3) is 3.54. The molecule has 8 heteroatoms. The van der Waals surface area contributed by atoms with Crippen LogP contribution in [0.5, 0.6) is 17.2 Å². The number of amides is 2. The summed E-state index contributed by atoms with van der Waals surface area (Å²) in [5, 5.41) is 1.61. The van der Waals surface area contributed by atoms with Gasteiger partial charge in [-0.2, -0.15) is 0 Å². The normalized spacial score (nSPS) is 15.1. The van der Waals surface area contributed by atoms with Gasteiger partial charge in [-0.3, -0.25) is 15.0 Å². The SMILES string of the molecule is COc1cc(C=C2C(=O)NN(c3cccc(Cl)c3)C2=O)cc(OC)c1OC. The monoisotopic (exact) mass is 388 g/mol. The summed E-state index contributed by atoms with van der Waals surface area (Å²) in [7, 11) is 4.47. The van der Waals surface area contributed by atoms with E-state index in [2.05, 4.69) is 5.43 Å². The summed E-state index contributed by atoms with van der Waals surface area (Å²) in [6.45, 7) is 0. The molecule has 1 fully saturated rings. The van der Waals surface area contributed by atoms with Crippen molar-refractivity contribution < 1.29 is 23.8 Å². The van der Waals surface area contributed by atoms with E-state index in [1.807, 2.05) is 0 Å². The van der Waals surface area contributed by atoms with Crippen LogP contribution in [0.2, 0.25) is 5.02 Å². The van der Waals surface area contributed by atoms with Gasteiger partial charge in [0.05, 0.1) is 27.0 Å². The average Bonchev–Trinajstić information content (AvgIpc) is 2.95. The van der Waals surface area contributed by atoms with Crippen LogP contribution in [0.4, 0.5) is 5.69 Å². The topological polar surface area (TPSA) is 77.1 Å². The Morgan fingerprint density at radius 1 is 1.00 bits per heavy atom. The van der Waals surface area contributed by atoms with Crippen LogP contribution in [0.15, 0.2) is 42.0 Å². The van der Waals surface area contributed by atoms with Gasteiger partial charge in [-0.15, -0.1) is 0 Å². The highest BCUT2D eigenvalue weighted by atomic mass is 35.5. The fraction of sp³-hybridized carbons (Fsp3) is 0.158. The molecular weight excluding hydrogens is 372 g/mol. The summed E-state index contributed by atoms with van der Waals surface area (Å²) < 4.78 is 15.9. The number of carbonyl (C=O) groups excluding carboxylic acids is 2. The molecular formula is C19H17ClN2O5. The summed E-state index contributed by atoms with van der Waals surface area (Å²) in [4.78, 5) is 25.0. The molecule has 0 bridgehead atoms. The van der Waals surface area contributed by atoms with Crippen molar-refractivity contribution in [3.05, 3.63) is 52.6 Å². The zero-order valence-corrected chi connectivity index (χ0v) is 15.7. The van der Waals surface area contributed by atoms with Gasteiger partial charge < -0.3 is 14.2 Å². The van der Waals surface area contributed by atoms with E-state index >= 15 is 0 Å². The van der Waals surface area contributed by atoms with E-state index in [1.165, 1.54) is 27.4 Å². The Morgan fingerprint density at radius 2 is 1.67 bits per heavy atom. The number of methoxy groups -OCH3 is 3. The Morgan fingerprint density at radius 3 is 2.22 bits per heavy atom. The highest BCUT2D eigenvalue weighted by Crippen LogP contribution is 2.39. The molecule has 27 heavy (non-hydrogen) atoms. The lowest BCUT2D eigenvalue weighted by Gasteiger charge is -2.14. The maximum atomic E-state index is 12.7. The van der Waals surface area contributed by atoms with Gasteiger partial charge in [0.25, 0.3) is 11.8 Å². The third-order valence-corrected chi connectivity index (χ3v) is 4.19. The molecule has 0 unspecified atom stereocenters. The fourth-order valence-electron chi connectivity index (χ4n) is 2.71. The lowest BCUT2D eigenvalue weighted by molar-refractivity contribution is -0.117. The second-order valence-corrected chi connectivity index (χ2v) is 6.01. The number of hydrogen-bond donors (Lipinski definition) is 1. The predicted octanol–water partition coefficient (Wildman–Crippen LogP) is 2.83. The van der Waals surface area contributed by atoms with Gasteiger partial charge in [0.15, 0.2) is 11.5 Å². The van der Waals surface area contributed by atoms with Gasteiger partial charge in [-0.1, -0.05) is 17.7 Å². The summed E-state index contributed by atoms with van der Waals surface area (Å²) >= 11 is 5.96. The number of benzene rings is 2. The van der Waals surface area contributed by atoms with Crippen LogP contribution in [0.1, 0.15) is 5.56 Å². The molecule has 140 valence electrons. The van der Waals surface area contributed by atoms with Crippen LogP contribution < -0.4 is 24.6 Å². The molecule has 0 spiro atoms. The third-order valence-electron chi connectivity index (χ3n) is 3.96. The number of hydrogen-bond acceptors (Lipinski definition) is 5. The summed E-state index contributed by atoms with van der Waals surface area (Å²) in [6.07, 6.45) is 1.46. The molecule has 0 aromatic heterocycles. The van der Waals surface area contributed by atoms with Gasteiger partial charge >= 0.3 is 0 Å². The molecule has 2 amide bonds. The molecule has 1 N–H and O–H groups in total. The van der Waals surface area contributed by atoms with Crippen LogP contribution in [-0.2, 0) is 9.59 Å². The molecule has 0 atom stereocenters. The predicted molar refractivity (Wildman–Crippen MR) is 101 cm³/mol. The molecule has 0 radical (unpaired) electrons. The first-order valence-electron chi connectivity index (χ1n) is 7.91. The van der Waals surface area contributed by atoms with E-state index in [4.69, 9.17) is 25.8 Å². The van der Waals surface area contributed by atoms with Crippen LogP contribution in [0.3, 0.4) is 0 Å². The van der Waals surface area contributed by atoms with Crippen molar-refractivity contribution in [1.29, 1.82) is 0 Å². The van der Waals surface area contributed by atoms with E-state index in [-0.39, 0.29) is 5.57 Å². The van der Waals surface area contributed by atoms with Crippen LogP contribution in [-0.4, -0.2) is 33.1 Å². The second kappa shape index (κ2) is 7.59. The first kappa shape index (κ1) is 18.6. The van der Waals surface area contributed by atoms with Crippen LogP contribution in [0, 0.1) is 0 Å². The van der Waals surface area contributed by atoms with Crippen molar-refractivity contribution in [2.75, 3.05) is 26.3 Å². The van der Waals surface area contributed by atoms with Crippen molar-refractivity contribution in [2.24, 2.45) is 0 Å². The maximum Gasteiger partial charge on any atom is 0.282 e. The second-order valence-electron chi connectivity index (χ2n) is 5.58. The fourth-order valence-corrected chi connectivity index (χ4v) is 2.89. The molecule has 1 saturated heterocycles. The van der Waals surface area contributed by atoms with Gasteiger partial charge in [0.2, 0.25) is 5.75 Å². The molecule has 1 heterocycles. The maximum absolute atomic E-state index is 12.7. The lowest BCUT2D eigenvalue weighted by Crippen LogP contribution is -2.35. The molecule has 0 aliphatic carbocycles. The highest BCUT2D eigenvalue weighted by Gasteiger charge is 2.34. The van der Waals surface area contributed by atoms with E-state index in [1.54, 1.807) is 36.4 Å². The molecule has 2 aromatic carbocycles. The molecule has 2 aromatic rings. The molecule has 1 aliphatic heterocycles. The summed E-state index contributed by atoms with van der Waals surface area (Å²) in [6, 6.07) is 9.93.